The Morgan fingerprint density at radius 1 is 1.15 bits per heavy atom. The summed E-state index contributed by atoms with van der Waals surface area (Å²) in [6, 6.07) is 10.3. The van der Waals surface area contributed by atoms with Gasteiger partial charge in [0.15, 0.2) is 21.3 Å². The van der Waals surface area contributed by atoms with Crippen LogP contribution in [0.3, 0.4) is 0 Å². The van der Waals surface area contributed by atoms with Crippen LogP contribution in [0.5, 0.6) is 5.75 Å². The zero-order chi connectivity index (χ0) is 24.6. The minimum atomic E-state index is -4.52. The predicted molar refractivity (Wildman–Crippen MR) is 115 cm³/mol. The van der Waals surface area contributed by atoms with Gasteiger partial charge in [0.2, 0.25) is 0 Å². The van der Waals surface area contributed by atoms with Crippen molar-refractivity contribution in [1.29, 1.82) is 0 Å². The third-order valence-corrected chi connectivity index (χ3v) is 6.36. The SMILES string of the molecule is COc1cn(-c2cccc(C(F)(F)F)c2)nc1C(=O)N(C)C(C)c1ccc(S(C)(=O)=O)cc1. The van der Waals surface area contributed by atoms with E-state index in [-0.39, 0.29) is 22.0 Å². The van der Waals surface area contributed by atoms with Crippen LogP contribution in [-0.4, -0.2) is 49.4 Å². The maximum absolute atomic E-state index is 13.1. The molecule has 3 aromatic rings. The minimum absolute atomic E-state index is 0.0722. The highest BCUT2D eigenvalue weighted by molar-refractivity contribution is 7.90. The number of hydrogen-bond donors (Lipinski definition) is 0. The molecule has 7 nitrogen and oxygen atoms in total. The Balaban J connectivity index is 1.90. The second kappa shape index (κ2) is 8.89. The lowest BCUT2D eigenvalue weighted by atomic mass is 10.1. The van der Waals surface area contributed by atoms with Gasteiger partial charge in [0.1, 0.15) is 0 Å². The number of alkyl halides is 3. The fourth-order valence-corrected chi connectivity index (χ4v) is 3.80. The number of carbonyl (C=O) groups excluding carboxylic acids is 1. The normalized spacial score (nSPS) is 12.9. The van der Waals surface area contributed by atoms with Gasteiger partial charge in [0, 0.05) is 13.3 Å². The first-order valence-electron chi connectivity index (χ1n) is 9.71. The molecule has 1 heterocycles. The summed E-state index contributed by atoms with van der Waals surface area (Å²) in [5.74, 6) is -0.416. The van der Waals surface area contributed by atoms with Crippen LogP contribution in [0.1, 0.15) is 34.6 Å². The second-order valence-electron chi connectivity index (χ2n) is 7.47. The predicted octanol–water partition coefficient (Wildman–Crippen LogP) is 4.14. The van der Waals surface area contributed by atoms with Gasteiger partial charge in [-0.05, 0) is 42.8 Å². The zero-order valence-electron chi connectivity index (χ0n) is 18.3. The van der Waals surface area contributed by atoms with Crippen LogP contribution in [0.25, 0.3) is 5.69 Å². The number of aromatic nitrogens is 2. The summed E-state index contributed by atoms with van der Waals surface area (Å²) in [5.41, 5.74) is -0.105. The van der Waals surface area contributed by atoms with Crippen molar-refractivity contribution in [3.05, 3.63) is 71.5 Å². The van der Waals surface area contributed by atoms with E-state index in [4.69, 9.17) is 4.74 Å². The van der Waals surface area contributed by atoms with Crippen molar-refractivity contribution >= 4 is 15.7 Å². The maximum Gasteiger partial charge on any atom is 0.416 e. The average molecular weight is 481 g/mol. The van der Waals surface area contributed by atoms with Crippen molar-refractivity contribution in [3.63, 3.8) is 0 Å². The van der Waals surface area contributed by atoms with Crippen LogP contribution >= 0.6 is 0 Å². The van der Waals surface area contributed by atoms with Crippen LogP contribution in [0.4, 0.5) is 13.2 Å². The standard InChI is InChI=1S/C22H22F3N3O4S/c1-14(15-8-10-18(11-9-15)33(4,30)31)27(2)21(29)20-19(32-3)13-28(26-20)17-7-5-6-16(12-17)22(23,24)25/h5-14H,1-4H3. The van der Waals surface area contributed by atoms with Crippen LogP contribution in [-0.2, 0) is 16.0 Å². The molecule has 1 atom stereocenters. The number of carbonyl (C=O) groups is 1. The van der Waals surface area contributed by atoms with Gasteiger partial charge in [-0.25, -0.2) is 13.1 Å². The van der Waals surface area contributed by atoms with E-state index < -0.39 is 33.5 Å². The van der Waals surface area contributed by atoms with Crippen molar-refractivity contribution in [1.82, 2.24) is 14.7 Å². The molecular weight excluding hydrogens is 459 g/mol. The largest absolute Gasteiger partial charge is 0.493 e. The molecule has 33 heavy (non-hydrogen) atoms. The number of ether oxygens (including phenoxy) is 1. The molecular formula is C22H22F3N3O4S. The minimum Gasteiger partial charge on any atom is -0.493 e. The molecule has 11 heteroatoms. The van der Waals surface area contributed by atoms with Gasteiger partial charge in [-0.15, -0.1) is 0 Å². The number of halogens is 3. The van der Waals surface area contributed by atoms with Gasteiger partial charge in [0.05, 0.1) is 35.5 Å². The highest BCUT2D eigenvalue weighted by Crippen LogP contribution is 2.31. The van der Waals surface area contributed by atoms with Gasteiger partial charge < -0.3 is 9.64 Å². The number of benzene rings is 2. The lowest BCUT2D eigenvalue weighted by Gasteiger charge is -2.25. The van der Waals surface area contributed by atoms with Crippen molar-refractivity contribution in [2.75, 3.05) is 20.4 Å². The summed E-state index contributed by atoms with van der Waals surface area (Å²) < 4.78 is 68.9. The Kier molecular flexibility index (Phi) is 6.55. The van der Waals surface area contributed by atoms with E-state index in [0.29, 0.717) is 5.56 Å². The summed E-state index contributed by atoms with van der Waals surface area (Å²) in [6.07, 6.45) is -2.08. The molecule has 0 spiro atoms. The molecule has 0 N–H and O–H groups in total. The number of amides is 1. The van der Waals surface area contributed by atoms with Crippen molar-refractivity contribution < 1.29 is 31.1 Å². The molecule has 0 aliphatic heterocycles. The third kappa shape index (κ3) is 5.19. The lowest BCUT2D eigenvalue weighted by Crippen LogP contribution is -2.30. The van der Waals surface area contributed by atoms with E-state index in [1.807, 2.05) is 0 Å². The number of sulfone groups is 1. The number of rotatable bonds is 6. The molecule has 3 rings (SSSR count). The molecule has 0 saturated heterocycles. The highest BCUT2D eigenvalue weighted by atomic mass is 32.2. The smallest absolute Gasteiger partial charge is 0.416 e. The molecule has 0 radical (unpaired) electrons. The fraction of sp³-hybridized carbons (Fsp3) is 0.273. The van der Waals surface area contributed by atoms with Gasteiger partial charge in [0.25, 0.3) is 5.91 Å². The molecule has 0 aliphatic rings. The van der Waals surface area contributed by atoms with Crippen LogP contribution in [0.2, 0.25) is 0 Å². The zero-order valence-corrected chi connectivity index (χ0v) is 19.1. The molecule has 0 bridgehead atoms. The lowest BCUT2D eigenvalue weighted by molar-refractivity contribution is -0.137. The Morgan fingerprint density at radius 3 is 2.33 bits per heavy atom. The van der Waals surface area contributed by atoms with Crippen molar-refractivity contribution in [3.8, 4) is 11.4 Å². The van der Waals surface area contributed by atoms with Gasteiger partial charge in [-0.3, -0.25) is 4.79 Å². The Morgan fingerprint density at radius 2 is 1.79 bits per heavy atom. The topological polar surface area (TPSA) is 81.5 Å². The van der Waals surface area contributed by atoms with Crippen LogP contribution in [0, 0.1) is 0 Å². The summed E-state index contributed by atoms with van der Waals surface area (Å²) in [7, 11) is -0.477. The summed E-state index contributed by atoms with van der Waals surface area (Å²) in [4.78, 5) is 14.7. The van der Waals surface area contributed by atoms with E-state index in [2.05, 4.69) is 5.10 Å². The van der Waals surface area contributed by atoms with Crippen molar-refractivity contribution in [2.24, 2.45) is 0 Å². The van der Waals surface area contributed by atoms with Gasteiger partial charge >= 0.3 is 6.18 Å². The van der Waals surface area contributed by atoms with Gasteiger partial charge in [-0.2, -0.15) is 18.3 Å². The Bertz CT molecular complexity index is 1270. The van der Waals surface area contributed by atoms with E-state index in [1.165, 1.54) is 42.5 Å². The Hall–Kier alpha value is -3.34. The Labute approximate surface area is 189 Å². The maximum atomic E-state index is 13.1. The quantitative estimate of drug-likeness (QED) is 0.529. The first-order valence-corrected chi connectivity index (χ1v) is 11.6. The first-order chi connectivity index (χ1) is 15.3. The molecule has 2 aromatic carbocycles. The average Bonchev–Trinajstić information content (AvgIpc) is 3.21. The molecule has 1 aromatic heterocycles. The number of methoxy groups -OCH3 is 1. The highest BCUT2D eigenvalue weighted by Gasteiger charge is 2.31. The van der Waals surface area contributed by atoms with E-state index in [1.54, 1.807) is 26.1 Å². The molecule has 1 unspecified atom stereocenters. The number of nitrogens with zero attached hydrogens (tertiary/aromatic N) is 3. The van der Waals surface area contributed by atoms with Crippen LogP contribution < -0.4 is 4.74 Å². The van der Waals surface area contributed by atoms with Gasteiger partial charge in [-0.1, -0.05) is 18.2 Å². The number of hydrogen-bond acceptors (Lipinski definition) is 5. The molecule has 0 saturated carbocycles. The van der Waals surface area contributed by atoms with E-state index in [9.17, 15) is 26.4 Å². The third-order valence-electron chi connectivity index (χ3n) is 5.23. The summed E-state index contributed by atoms with van der Waals surface area (Å²) in [5, 5.41) is 4.17. The molecule has 1 amide bonds. The van der Waals surface area contributed by atoms with E-state index >= 15 is 0 Å². The fourth-order valence-electron chi connectivity index (χ4n) is 3.17. The molecule has 0 fully saturated rings. The second-order valence-corrected chi connectivity index (χ2v) is 9.49. The monoisotopic (exact) mass is 481 g/mol. The van der Waals surface area contributed by atoms with E-state index in [0.717, 1.165) is 23.1 Å². The summed E-state index contributed by atoms with van der Waals surface area (Å²) >= 11 is 0. The van der Waals surface area contributed by atoms with Crippen LogP contribution in [0.15, 0.2) is 59.6 Å². The molecule has 176 valence electrons. The van der Waals surface area contributed by atoms with Crippen molar-refractivity contribution in [2.45, 2.75) is 24.0 Å². The summed E-state index contributed by atoms with van der Waals surface area (Å²) in [6.45, 7) is 1.75. The first kappa shape index (κ1) is 24.3. The molecule has 0 aliphatic carbocycles.